The van der Waals surface area contributed by atoms with Crippen molar-refractivity contribution in [1.29, 1.82) is 0 Å². The number of aliphatic carboxylic acids is 1. The van der Waals surface area contributed by atoms with E-state index in [0.29, 0.717) is 5.56 Å². The summed E-state index contributed by atoms with van der Waals surface area (Å²) in [5.74, 6) is -0.881. The van der Waals surface area contributed by atoms with Crippen LogP contribution in [-0.2, 0) is 4.79 Å². The lowest BCUT2D eigenvalue weighted by Gasteiger charge is -2.21. The average molecular weight is 270 g/mol. The first-order chi connectivity index (χ1) is 9.39. The lowest BCUT2D eigenvalue weighted by atomic mass is 9.82. The van der Waals surface area contributed by atoms with Crippen molar-refractivity contribution < 1.29 is 14.7 Å². The number of ketones is 1. The van der Waals surface area contributed by atoms with Crippen LogP contribution < -0.4 is 0 Å². The number of hydrogen-bond donors (Lipinski definition) is 1. The van der Waals surface area contributed by atoms with Crippen molar-refractivity contribution in [3.05, 3.63) is 48.0 Å². The van der Waals surface area contributed by atoms with Gasteiger partial charge in [-0.1, -0.05) is 56.3 Å². The highest BCUT2D eigenvalue weighted by molar-refractivity contribution is 6.08. The molecule has 0 aromatic heterocycles. The molecule has 0 saturated heterocycles. The number of carbonyl (C=O) groups excluding carboxylic acids is 1. The van der Waals surface area contributed by atoms with Gasteiger partial charge in [0.05, 0.1) is 6.42 Å². The van der Waals surface area contributed by atoms with Gasteiger partial charge in [0.25, 0.3) is 0 Å². The number of hydrogen-bond acceptors (Lipinski definition) is 2. The first-order valence-electron chi connectivity index (χ1n) is 6.62. The Morgan fingerprint density at radius 3 is 2.35 bits per heavy atom. The van der Waals surface area contributed by atoms with Crippen LogP contribution in [0.4, 0.5) is 0 Å². The van der Waals surface area contributed by atoms with Crippen LogP contribution in [0.2, 0.25) is 0 Å². The minimum atomic E-state index is -0.874. The van der Waals surface area contributed by atoms with E-state index in [9.17, 15) is 9.59 Å². The molecule has 3 nitrogen and oxygen atoms in total. The monoisotopic (exact) mass is 270 g/mol. The van der Waals surface area contributed by atoms with Gasteiger partial charge in [-0.05, 0) is 16.2 Å². The van der Waals surface area contributed by atoms with Crippen molar-refractivity contribution in [2.75, 3.05) is 0 Å². The van der Waals surface area contributed by atoms with E-state index in [4.69, 9.17) is 5.11 Å². The molecule has 0 aliphatic rings. The lowest BCUT2D eigenvalue weighted by molar-refractivity contribution is -0.139. The van der Waals surface area contributed by atoms with Gasteiger partial charge >= 0.3 is 5.97 Å². The van der Waals surface area contributed by atoms with Crippen LogP contribution in [0, 0.1) is 5.41 Å². The summed E-state index contributed by atoms with van der Waals surface area (Å²) in [4.78, 5) is 23.3. The first kappa shape index (κ1) is 14.3. The Morgan fingerprint density at radius 2 is 1.65 bits per heavy atom. The van der Waals surface area contributed by atoms with Gasteiger partial charge in [-0.25, -0.2) is 0 Å². The van der Waals surface area contributed by atoms with E-state index in [-0.39, 0.29) is 18.6 Å². The lowest BCUT2D eigenvalue weighted by Crippen LogP contribution is -2.21. The molecule has 2 aromatic carbocycles. The third-order valence-electron chi connectivity index (χ3n) is 3.36. The van der Waals surface area contributed by atoms with E-state index in [1.165, 1.54) is 0 Å². The van der Waals surface area contributed by atoms with Crippen LogP contribution in [0.25, 0.3) is 10.8 Å². The average Bonchev–Trinajstić information content (AvgIpc) is 2.35. The molecule has 20 heavy (non-hydrogen) atoms. The van der Waals surface area contributed by atoms with Gasteiger partial charge in [0.15, 0.2) is 5.78 Å². The smallest absolute Gasteiger partial charge is 0.303 e. The Bertz CT molecular complexity index is 651. The minimum absolute atomic E-state index is 0.00644. The van der Waals surface area contributed by atoms with E-state index < -0.39 is 11.4 Å². The maximum atomic E-state index is 12.5. The Labute approximate surface area is 118 Å². The summed E-state index contributed by atoms with van der Waals surface area (Å²) in [7, 11) is 0. The Morgan fingerprint density at radius 1 is 1.00 bits per heavy atom. The van der Waals surface area contributed by atoms with E-state index in [1.54, 1.807) is 0 Å². The second-order valence-corrected chi connectivity index (χ2v) is 5.86. The molecular weight excluding hydrogens is 252 g/mol. The molecule has 0 radical (unpaired) electrons. The first-order valence-corrected chi connectivity index (χ1v) is 6.62. The number of Topliss-reactive ketones (excluding diaryl/α,β-unsaturated/α-hetero) is 1. The van der Waals surface area contributed by atoms with Crippen molar-refractivity contribution in [2.45, 2.75) is 26.7 Å². The van der Waals surface area contributed by atoms with Crippen molar-refractivity contribution in [1.82, 2.24) is 0 Å². The summed E-state index contributed by atoms with van der Waals surface area (Å²) >= 11 is 0. The summed E-state index contributed by atoms with van der Waals surface area (Å²) in [6, 6.07) is 13.4. The van der Waals surface area contributed by atoms with Crippen LogP contribution in [0.5, 0.6) is 0 Å². The summed E-state index contributed by atoms with van der Waals surface area (Å²) < 4.78 is 0. The summed E-state index contributed by atoms with van der Waals surface area (Å²) in [5.41, 5.74) is 0.126. The minimum Gasteiger partial charge on any atom is -0.481 e. The number of benzene rings is 2. The molecule has 0 saturated carbocycles. The quantitative estimate of drug-likeness (QED) is 0.838. The molecular formula is C17H18O3. The second-order valence-electron chi connectivity index (χ2n) is 5.86. The predicted octanol–water partition coefficient (Wildman–Crippen LogP) is 3.91. The van der Waals surface area contributed by atoms with E-state index in [0.717, 1.165) is 10.8 Å². The van der Waals surface area contributed by atoms with Gasteiger partial charge in [-0.3, -0.25) is 9.59 Å². The molecule has 104 valence electrons. The van der Waals surface area contributed by atoms with Crippen LogP contribution in [-0.4, -0.2) is 16.9 Å². The van der Waals surface area contributed by atoms with Crippen molar-refractivity contribution in [3.8, 4) is 0 Å². The highest BCUT2D eigenvalue weighted by Gasteiger charge is 2.26. The zero-order valence-electron chi connectivity index (χ0n) is 11.7. The third-order valence-corrected chi connectivity index (χ3v) is 3.36. The van der Waals surface area contributed by atoms with Crippen molar-refractivity contribution in [3.63, 3.8) is 0 Å². The van der Waals surface area contributed by atoms with Crippen molar-refractivity contribution >= 4 is 22.5 Å². The van der Waals surface area contributed by atoms with E-state index >= 15 is 0 Å². The topological polar surface area (TPSA) is 54.4 Å². The van der Waals surface area contributed by atoms with Gasteiger partial charge in [-0.15, -0.1) is 0 Å². The third kappa shape index (κ3) is 3.23. The Hall–Kier alpha value is -2.16. The highest BCUT2D eigenvalue weighted by atomic mass is 16.4. The molecule has 0 amide bonds. The van der Waals surface area contributed by atoms with Crippen LogP contribution in [0.3, 0.4) is 0 Å². The van der Waals surface area contributed by atoms with E-state index in [1.807, 2.05) is 56.3 Å². The van der Waals surface area contributed by atoms with Gasteiger partial charge < -0.3 is 5.11 Å². The SMILES string of the molecule is CC(C)(CC(=O)O)CC(=O)c1cccc2ccccc12. The van der Waals surface area contributed by atoms with Gasteiger partial charge in [-0.2, -0.15) is 0 Å². The molecule has 0 aliphatic carbocycles. The molecule has 0 aliphatic heterocycles. The molecule has 0 atom stereocenters. The van der Waals surface area contributed by atoms with Gasteiger partial charge in [0.1, 0.15) is 0 Å². The van der Waals surface area contributed by atoms with Crippen LogP contribution in [0.15, 0.2) is 42.5 Å². The molecule has 2 rings (SSSR count). The standard InChI is InChI=1S/C17H18O3/c1-17(2,11-16(19)20)10-15(18)14-9-5-7-12-6-3-4-8-13(12)14/h3-9H,10-11H2,1-2H3,(H,19,20). The summed E-state index contributed by atoms with van der Waals surface area (Å²) in [6.07, 6.45) is 0.219. The summed E-state index contributed by atoms with van der Waals surface area (Å²) in [6.45, 7) is 3.62. The van der Waals surface area contributed by atoms with Gasteiger partial charge in [0, 0.05) is 12.0 Å². The second kappa shape index (κ2) is 5.45. The molecule has 0 spiro atoms. The van der Waals surface area contributed by atoms with Crippen LogP contribution >= 0.6 is 0 Å². The fourth-order valence-corrected chi connectivity index (χ4v) is 2.47. The highest BCUT2D eigenvalue weighted by Crippen LogP contribution is 2.29. The molecule has 1 N–H and O–H groups in total. The van der Waals surface area contributed by atoms with Crippen LogP contribution in [0.1, 0.15) is 37.0 Å². The molecule has 2 aromatic rings. The molecule has 3 heteroatoms. The molecule has 0 bridgehead atoms. The number of fused-ring (bicyclic) bond motifs is 1. The maximum absolute atomic E-state index is 12.5. The van der Waals surface area contributed by atoms with E-state index in [2.05, 4.69) is 0 Å². The van der Waals surface area contributed by atoms with Gasteiger partial charge in [0.2, 0.25) is 0 Å². The predicted molar refractivity (Wildman–Crippen MR) is 78.9 cm³/mol. The summed E-state index contributed by atoms with van der Waals surface area (Å²) in [5, 5.41) is 10.8. The Balaban J connectivity index is 2.30. The zero-order chi connectivity index (χ0) is 14.8. The number of carboxylic acids is 1. The number of carboxylic acid groups (broad SMARTS) is 1. The van der Waals surface area contributed by atoms with Crippen molar-refractivity contribution in [2.24, 2.45) is 5.41 Å². The number of carbonyl (C=O) groups is 2. The normalized spacial score (nSPS) is 11.5. The Kier molecular flexibility index (Phi) is 3.89. The fraction of sp³-hybridized carbons (Fsp3) is 0.294. The number of rotatable bonds is 5. The maximum Gasteiger partial charge on any atom is 0.303 e. The largest absolute Gasteiger partial charge is 0.481 e. The molecule has 0 fully saturated rings. The fourth-order valence-electron chi connectivity index (χ4n) is 2.47. The molecule has 0 unspecified atom stereocenters. The zero-order valence-corrected chi connectivity index (χ0v) is 11.7. The molecule has 0 heterocycles.